The van der Waals surface area contributed by atoms with Crippen molar-refractivity contribution in [3.63, 3.8) is 0 Å². The summed E-state index contributed by atoms with van der Waals surface area (Å²) in [5, 5.41) is 2.58. The van der Waals surface area contributed by atoms with E-state index < -0.39 is 0 Å². The van der Waals surface area contributed by atoms with Gasteiger partial charge in [-0.05, 0) is 31.0 Å². The maximum atomic E-state index is 11.0. The van der Waals surface area contributed by atoms with Crippen LogP contribution in [-0.2, 0) is 4.79 Å². The summed E-state index contributed by atoms with van der Waals surface area (Å²) >= 11 is 0. The standard InChI is InChI=1S/C13H20N2O2/c1-10(14)11-5-7-12(8-6-11)17-9-3-4-13(16)15-2/h5-8,10H,3-4,9,14H2,1-2H3,(H,15,16)/t10-/m1/s1. The zero-order chi connectivity index (χ0) is 12.7. The average Bonchev–Trinajstić information content (AvgIpc) is 2.34. The average molecular weight is 236 g/mol. The SMILES string of the molecule is CNC(=O)CCCOc1ccc([C@@H](C)N)cc1. The van der Waals surface area contributed by atoms with Gasteiger partial charge in [-0.3, -0.25) is 4.79 Å². The third-order valence-electron chi connectivity index (χ3n) is 2.50. The predicted molar refractivity (Wildman–Crippen MR) is 67.8 cm³/mol. The molecule has 3 N–H and O–H groups in total. The zero-order valence-corrected chi connectivity index (χ0v) is 10.4. The number of ether oxygens (including phenoxy) is 1. The van der Waals surface area contributed by atoms with Crippen molar-refractivity contribution in [1.82, 2.24) is 5.32 Å². The van der Waals surface area contributed by atoms with Crippen molar-refractivity contribution in [1.29, 1.82) is 0 Å². The summed E-state index contributed by atoms with van der Waals surface area (Å²) in [6, 6.07) is 7.76. The Morgan fingerprint density at radius 1 is 1.41 bits per heavy atom. The number of nitrogens with two attached hydrogens (primary N) is 1. The van der Waals surface area contributed by atoms with Gasteiger partial charge in [-0.2, -0.15) is 0 Å². The molecule has 0 bridgehead atoms. The lowest BCUT2D eigenvalue weighted by Gasteiger charge is -2.08. The molecule has 0 aliphatic rings. The summed E-state index contributed by atoms with van der Waals surface area (Å²) < 4.78 is 5.51. The number of amides is 1. The van der Waals surface area contributed by atoms with E-state index in [2.05, 4.69) is 5.32 Å². The van der Waals surface area contributed by atoms with Crippen LogP contribution in [0.4, 0.5) is 0 Å². The second kappa shape index (κ2) is 6.91. The Hall–Kier alpha value is -1.55. The minimum absolute atomic E-state index is 0.0392. The first-order valence-corrected chi connectivity index (χ1v) is 5.82. The molecule has 1 rings (SSSR count). The van der Waals surface area contributed by atoms with E-state index in [1.807, 2.05) is 31.2 Å². The zero-order valence-electron chi connectivity index (χ0n) is 10.4. The van der Waals surface area contributed by atoms with Gasteiger partial charge in [0.2, 0.25) is 5.91 Å². The molecule has 0 radical (unpaired) electrons. The molecule has 1 aromatic rings. The summed E-state index contributed by atoms with van der Waals surface area (Å²) in [5.41, 5.74) is 6.83. The minimum Gasteiger partial charge on any atom is -0.494 e. The molecule has 0 fully saturated rings. The van der Waals surface area contributed by atoms with Gasteiger partial charge in [0.15, 0.2) is 0 Å². The molecule has 0 saturated carbocycles. The first kappa shape index (κ1) is 13.5. The Morgan fingerprint density at radius 3 is 2.59 bits per heavy atom. The first-order chi connectivity index (χ1) is 8.13. The number of carbonyl (C=O) groups excluding carboxylic acids is 1. The van der Waals surface area contributed by atoms with Crippen LogP contribution in [0.15, 0.2) is 24.3 Å². The Morgan fingerprint density at radius 2 is 2.06 bits per heavy atom. The minimum atomic E-state index is 0.0392. The van der Waals surface area contributed by atoms with E-state index in [0.717, 1.165) is 11.3 Å². The molecule has 1 atom stereocenters. The molecule has 1 aromatic carbocycles. The number of hydrogen-bond donors (Lipinski definition) is 2. The topological polar surface area (TPSA) is 64.3 Å². The highest BCUT2D eigenvalue weighted by Gasteiger charge is 2.00. The Kier molecular flexibility index (Phi) is 5.49. The normalized spacial score (nSPS) is 11.9. The van der Waals surface area contributed by atoms with Gasteiger partial charge in [0.05, 0.1) is 6.61 Å². The van der Waals surface area contributed by atoms with Crippen LogP contribution in [0, 0.1) is 0 Å². The highest BCUT2D eigenvalue weighted by Crippen LogP contribution is 2.16. The number of carbonyl (C=O) groups is 1. The van der Waals surface area contributed by atoms with E-state index in [1.165, 1.54) is 0 Å². The summed E-state index contributed by atoms with van der Waals surface area (Å²) in [7, 11) is 1.63. The lowest BCUT2D eigenvalue weighted by molar-refractivity contribution is -0.120. The van der Waals surface area contributed by atoms with E-state index >= 15 is 0 Å². The van der Waals surface area contributed by atoms with Crippen LogP contribution in [0.1, 0.15) is 31.4 Å². The van der Waals surface area contributed by atoms with E-state index in [9.17, 15) is 4.79 Å². The molecule has 4 nitrogen and oxygen atoms in total. The van der Waals surface area contributed by atoms with Gasteiger partial charge in [0.1, 0.15) is 5.75 Å². The molecule has 0 aliphatic heterocycles. The third kappa shape index (κ3) is 4.87. The van der Waals surface area contributed by atoms with Crippen LogP contribution in [0.2, 0.25) is 0 Å². The molecule has 0 saturated heterocycles. The number of benzene rings is 1. The van der Waals surface area contributed by atoms with Gasteiger partial charge in [-0.15, -0.1) is 0 Å². The molecule has 4 heteroatoms. The van der Waals surface area contributed by atoms with Gasteiger partial charge in [-0.25, -0.2) is 0 Å². The highest BCUT2D eigenvalue weighted by molar-refractivity contribution is 5.75. The van der Waals surface area contributed by atoms with Crippen molar-refractivity contribution in [3.8, 4) is 5.75 Å². The fraction of sp³-hybridized carbons (Fsp3) is 0.462. The fourth-order valence-electron chi connectivity index (χ4n) is 1.42. The van der Waals surface area contributed by atoms with Gasteiger partial charge in [0, 0.05) is 19.5 Å². The highest BCUT2D eigenvalue weighted by atomic mass is 16.5. The molecular formula is C13H20N2O2. The predicted octanol–water partition coefficient (Wildman–Crippen LogP) is 1.61. The molecule has 0 heterocycles. The number of nitrogens with one attached hydrogen (secondary N) is 1. The van der Waals surface area contributed by atoms with Gasteiger partial charge < -0.3 is 15.8 Å². The van der Waals surface area contributed by atoms with Crippen molar-refractivity contribution in [2.45, 2.75) is 25.8 Å². The quantitative estimate of drug-likeness (QED) is 0.737. The Balaban J connectivity index is 2.30. The lowest BCUT2D eigenvalue weighted by atomic mass is 10.1. The summed E-state index contributed by atoms with van der Waals surface area (Å²) in [6.45, 7) is 2.49. The van der Waals surface area contributed by atoms with Crippen molar-refractivity contribution < 1.29 is 9.53 Å². The maximum Gasteiger partial charge on any atom is 0.219 e. The summed E-state index contributed by atoms with van der Waals surface area (Å²) in [5.74, 6) is 0.854. The van der Waals surface area contributed by atoms with Gasteiger partial charge in [0.25, 0.3) is 0 Å². The first-order valence-electron chi connectivity index (χ1n) is 5.82. The monoisotopic (exact) mass is 236 g/mol. The second-order valence-electron chi connectivity index (χ2n) is 3.98. The Bertz CT molecular complexity index is 347. The Labute approximate surface area is 102 Å². The molecule has 0 aliphatic carbocycles. The van der Waals surface area contributed by atoms with E-state index in [1.54, 1.807) is 7.05 Å². The van der Waals surface area contributed by atoms with Crippen LogP contribution in [0.5, 0.6) is 5.75 Å². The largest absolute Gasteiger partial charge is 0.494 e. The van der Waals surface area contributed by atoms with Crippen LogP contribution >= 0.6 is 0 Å². The molecule has 0 unspecified atom stereocenters. The van der Waals surface area contributed by atoms with E-state index in [4.69, 9.17) is 10.5 Å². The molecule has 1 amide bonds. The summed E-state index contributed by atoms with van der Waals surface area (Å²) in [4.78, 5) is 11.0. The fourth-order valence-corrected chi connectivity index (χ4v) is 1.42. The van der Waals surface area contributed by atoms with E-state index in [-0.39, 0.29) is 11.9 Å². The van der Waals surface area contributed by atoms with Crippen molar-refractivity contribution in [2.75, 3.05) is 13.7 Å². The van der Waals surface area contributed by atoms with Crippen LogP contribution in [0.25, 0.3) is 0 Å². The second-order valence-corrected chi connectivity index (χ2v) is 3.98. The van der Waals surface area contributed by atoms with Crippen LogP contribution < -0.4 is 15.8 Å². The number of hydrogen-bond acceptors (Lipinski definition) is 3. The number of rotatable bonds is 6. The molecule has 94 valence electrons. The maximum absolute atomic E-state index is 11.0. The van der Waals surface area contributed by atoms with Crippen LogP contribution in [0.3, 0.4) is 0 Å². The molecular weight excluding hydrogens is 216 g/mol. The smallest absolute Gasteiger partial charge is 0.219 e. The van der Waals surface area contributed by atoms with Gasteiger partial charge in [-0.1, -0.05) is 12.1 Å². The van der Waals surface area contributed by atoms with Crippen molar-refractivity contribution in [2.24, 2.45) is 5.73 Å². The molecule has 0 spiro atoms. The van der Waals surface area contributed by atoms with Crippen molar-refractivity contribution >= 4 is 5.91 Å². The summed E-state index contributed by atoms with van der Waals surface area (Å²) in [6.07, 6.45) is 1.21. The lowest BCUT2D eigenvalue weighted by Crippen LogP contribution is -2.18. The van der Waals surface area contributed by atoms with Crippen molar-refractivity contribution in [3.05, 3.63) is 29.8 Å². The third-order valence-corrected chi connectivity index (χ3v) is 2.50. The molecule has 17 heavy (non-hydrogen) atoms. The molecule has 0 aromatic heterocycles. The van der Waals surface area contributed by atoms with Crippen LogP contribution in [-0.4, -0.2) is 19.6 Å². The van der Waals surface area contributed by atoms with E-state index in [0.29, 0.717) is 19.4 Å². The van der Waals surface area contributed by atoms with Gasteiger partial charge >= 0.3 is 0 Å².